The van der Waals surface area contributed by atoms with Crippen LogP contribution in [0.5, 0.6) is 5.75 Å². The first-order chi connectivity index (χ1) is 10.4. The van der Waals surface area contributed by atoms with E-state index in [0.717, 1.165) is 0 Å². The summed E-state index contributed by atoms with van der Waals surface area (Å²) in [5.74, 6) is -0.736. The molecule has 5 nitrogen and oxygen atoms in total. The van der Waals surface area contributed by atoms with Crippen molar-refractivity contribution in [2.75, 3.05) is 12.4 Å². The van der Waals surface area contributed by atoms with Crippen LogP contribution in [0.4, 0.5) is 5.69 Å². The SMILES string of the molecule is COc1ccc(Br)c(C(=O)Nc2ccc(C(=O)O)cc2C)c1. The fourth-order valence-corrected chi connectivity index (χ4v) is 2.36. The molecular formula is C16H14BrNO4. The number of aromatic carboxylic acids is 1. The molecule has 2 rings (SSSR count). The van der Waals surface area contributed by atoms with E-state index in [1.165, 1.54) is 19.2 Å². The summed E-state index contributed by atoms with van der Waals surface area (Å²) in [5, 5.41) is 11.7. The zero-order valence-corrected chi connectivity index (χ0v) is 13.6. The highest BCUT2D eigenvalue weighted by Gasteiger charge is 2.13. The lowest BCUT2D eigenvalue weighted by molar-refractivity contribution is 0.0696. The van der Waals surface area contributed by atoms with Gasteiger partial charge in [-0.15, -0.1) is 0 Å². The molecule has 22 heavy (non-hydrogen) atoms. The molecule has 0 aromatic heterocycles. The lowest BCUT2D eigenvalue weighted by Crippen LogP contribution is -2.14. The van der Waals surface area contributed by atoms with Crippen LogP contribution < -0.4 is 10.1 Å². The Kier molecular flexibility index (Phi) is 4.82. The van der Waals surface area contributed by atoms with Gasteiger partial charge in [0.25, 0.3) is 5.91 Å². The quantitative estimate of drug-likeness (QED) is 0.867. The molecule has 0 saturated carbocycles. The number of rotatable bonds is 4. The normalized spacial score (nSPS) is 10.1. The number of carboxylic acids is 1. The Balaban J connectivity index is 2.27. The fraction of sp³-hybridized carbons (Fsp3) is 0.125. The van der Waals surface area contributed by atoms with Crippen LogP contribution in [0.2, 0.25) is 0 Å². The Labute approximate surface area is 136 Å². The number of aryl methyl sites for hydroxylation is 1. The summed E-state index contributed by atoms with van der Waals surface area (Å²) in [6, 6.07) is 9.64. The molecule has 1 amide bonds. The third kappa shape index (κ3) is 3.46. The van der Waals surface area contributed by atoms with Gasteiger partial charge in [-0.25, -0.2) is 4.79 Å². The molecular weight excluding hydrogens is 350 g/mol. The number of carbonyl (C=O) groups excluding carboxylic acids is 1. The predicted octanol–water partition coefficient (Wildman–Crippen LogP) is 3.72. The molecule has 0 unspecified atom stereocenters. The Hall–Kier alpha value is -2.34. The zero-order chi connectivity index (χ0) is 16.3. The third-order valence-corrected chi connectivity index (χ3v) is 3.83. The maximum atomic E-state index is 12.4. The largest absolute Gasteiger partial charge is 0.497 e. The Morgan fingerprint density at radius 3 is 2.50 bits per heavy atom. The van der Waals surface area contributed by atoms with Gasteiger partial charge in [-0.05, 0) is 64.8 Å². The average Bonchev–Trinajstić information content (AvgIpc) is 2.49. The second kappa shape index (κ2) is 6.62. The number of methoxy groups -OCH3 is 1. The number of hydrogen-bond donors (Lipinski definition) is 2. The van der Waals surface area contributed by atoms with Gasteiger partial charge in [0.1, 0.15) is 5.75 Å². The molecule has 114 valence electrons. The van der Waals surface area contributed by atoms with Gasteiger partial charge in [-0.2, -0.15) is 0 Å². The van der Waals surface area contributed by atoms with E-state index in [2.05, 4.69) is 21.2 Å². The van der Waals surface area contributed by atoms with Gasteiger partial charge >= 0.3 is 5.97 Å². The number of ether oxygens (including phenoxy) is 1. The summed E-state index contributed by atoms with van der Waals surface area (Å²) in [4.78, 5) is 23.3. The van der Waals surface area contributed by atoms with Crippen LogP contribution >= 0.6 is 15.9 Å². The van der Waals surface area contributed by atoms with Gasteiger partial charge in [0.05, 0.1) is 18.2 Å². The van der Waals surface area contributed by atoms with E-state index in [4.69, 9.17) is 9.84 Å². The Morgan fingerprint density at radius 2 is 1.91 bits per heavy atom. The highest BCUT2D eigenvalue weighted by Crippen LogP contribution is 2.24. The van der Waals surface area contributed by atoms with Crippen LogP contribution in [0.3, 0.4) is 0 Å². The number of anilines is 1. The van der Waals surface area contributed by atoms with E-state index in [1.807, 2.05) is 0 Å². The molecule has 0 spiro atoms. The van der Waals surface area contributed by atoms with Crippen molar-refractivity contribution in [3.8, 4) is 5.75 Å². The molecule has 0 heterocycles. The van der Waals surface area contributed by atoms with Crippen molar-refractivity contribution in [1.82, 2.24) is 0 Å². The van der Waals surface area contributed by atoms with Crippen molar-refractivity contribution in [1.29, 1.82) is 0 Å². The van der Waals surface area contributed by atoms with Crippen molar-refractivity contribution in [3.05, 3.63) is 57.6 Å². The maximum absolute atomic E-state index is 12.4. The monoisotopic (exact) mass is 363 g/mol. The number of halogens is 1. The van der Waals surface area contributed by atoms with Crippen LogP contribution in [-0.2, 0) is 0 Å². The zero-order valence-electron chi connectivity index (χ0n) is 12.0. The van der Waals surface area contributed by atoms with Gasteiger partial charge in [-0.1, -0.05) is 0 Å². The average molecular weight is 364 g/mol. The molecule has 0 saturated heterocycles. The Bertz CT molecular complexity index is 743. The van der Waals surface area contributed by atoms with Crippen molar-refractivity contribution < 1.29 is 19.4 Å². The summed E-state index contributed by atoms with van der Waals surface area (Å²) in [6.45, 7) is 1.74. The molecule has 2 aromatic carbocycles. The van der Waals surface area contributed by atoms with Gasteiger partial charge in [0, 0.05) is 10.2 Å². The van der Waals surface area contributed by atoms with Crippen LogP contribution in [0.1, 0.15) is 26.3 Å². The number of carbonyl (C=O) groups is 2. The molecule has 0 atom stereocenters. The lowest BCUT2D eigenvalue weighted by atomic mass is 10.1. The number of carboxylic acid groups (broad SMARTS) is 1. The second-order valence-corrected chi connectivity index (χ2v) is 5.49. The molecule has 0 aliphatic carbocycles. The minimum absolute atomic E-state index is 0.179. The molecule has 0 aliphatic heterocycles. The smallest absolute Gasteiger partial charge is 0.335 e. The first kappa shape index (κ1) is 16.0. The standard InChI is InChI=1S/C16H14BrNO4/c1-9-7-10(16(20)21)3-6-14(9)18-15(19)12-8-11(22-2)4-5-13(12)17/h3-8H,1-2H3,(H,18,19)(H,20,21). The van der Waals surface area contributed by atoms with Crippen LogP contribution in [0, 0.1) is 6.92 Å². The number of hydrogen-bond acceptors (Lipinski definition) is 3. The van der Waals surface area contributed by atoms with E-state index < -0.39 is 5.97 Å². The van der Waals surface area contributed by atoms with Crippen LogP contribution in [0.25, 0.3) is 0 Å². The topological polar surface area (TPSA) is 75.6 Å². The first-order valence-corrected chi connectivity index (χ1v) is 7.20. The van der Waals surface area contributed by atoms with Crippen LogP contribution in [-0.4, -0.2) is 24.1 Å². The predicted molar refractivity (Wildman–Crippen MR) is 86.8 cm³/mol. The van der Waals surface area contributed by atoms with E-state index in [9.17, 15) is 9.59 Å². The highest BCUT2D eigenvalue weighted by molar-refractivity contribution is 9.10. The van der Waals surface area contributed by atoms with E-state index >= 15 is 0 Å². The number of amides is 1. The van der Waals surface area contributed by atoms with E-state index in [1.54, 1.807) is 31.2 Å². The second-order valence-electron chi connectivity index (χ2n) is 4.63. The summed E-state index contributed by atoms with van der Waals surface area (Å²) in [7, 11) is 1.53. The molecule has 2 aromatic rings. The van der Waals surface area contributed by atoms with Gasteiger partial charge in [-0.3, -0.25) is 4.79 Å². The fourth-order valence-electron chi connectivity index (χ4n) is 1.93. The minimum Gasteiger partial charge on any atom is -0.497 e. The molecule has 0 aliphatic rings. The molecule has 0 fully saturated rings. The lowest BCUT2D eigenvalue weighted by Gasteiger charge is -2.11. The van der Waals surface area contributed by atoms with E-state index in [0.29, 0.717) is 27.0 Å². The highest BCUT2D eigenvalue weighted by atomic mass is 79.9. The van der Waals surface area contributed by atoms with Gasteiger partial charge < -0.3 is 15.2 Å². The summed E-state index contributed by atoms with van der Waals surface area (Å²) >= 11 is 3.33. The number of nitrogens with one attached hydrogen (secondary N) is 1. The minimum atomic E-state index is -1.00. The maximum Gasteiger partial charge on any atom is 0.335 e. The van der Waals surface area contributed by atoms with Crippen molar-refractivity contribution in [2.45, 2.75) is 6.92 Å². The van der Waals surface area contributed by atoms with Crippen molar-refractivity contribution in [2.24, 2.45) is 0 Å². The van der Waals surface area contributed by atoms with Crippen LogP contribution in [0.15, 0.2) is 40.9 Å². The van der Waals surface area contributed by atoms with Gasteiger partial charge in [0.2, 0.25) is 0 Å². The van der Waals surface area contributed by atoms with E-state index in [-0.39, 0.29) is 11.5 Å². The molecule has 6 heteroatoms. The van der Waals surface area contributed by atoms with Crippen molar-refractivity contribution >= 4 is 33.5 Å². The number of benzene rings is 2. The summed E-state index contributed by atoms with van der Waals surface area (Å²) in [5.41, 5.74) is 1.84. The molecule has 2 N–H and O–H groups in total. The summed E-state index contributed by atoms with van der Waals surface area (Å²) in [6.07, 6.45) is 0. The molecule has 0 bridgehead atoms. The van der Waals surface area contributed by atoms with Gasteiger partial charge in [0.15, 0.2) is 0 Å². The summed E-state index contributed by atoms with van der Waals surface area (Å²) < 4.78 is 5.75. The Morgan fingerprint density at radius 1 is 1.18 bits per heavy atom. The first-order valence-electron chi connectivity index (χ1n) is 6.41. The van der Waals surface area contributed by atoms with Crippen molar-refractivity contribution in [3.63, 3.8) is 0 Å². The third-order valence-electron chi connectivity index (χ3n) is 3.14. The molecule has 0 radical (unpaired) electrons.